The topological polar surface area (TPSA) is 52.0 Å². The van der Waals surface area contributed by atoms with E-state index < -0.39 is 0 Å². The van der Waals surface area contributed by atoms with Crippen LogP contribution in [0.15, 0.2) is 27.8 Å². The van der Waals surface area contributed by atoms with Crippen LogP contribution >= 0.6 is 11.8 Å². The fourth-order valence-electron chi connectivity index (χ4n) is 1.27. The zero-order valence-electron chi connectivity index (χ0n) is 9.73. The molecule has 0 fully saturated rings. The molecule has 0 aliphatic rings. The highest BCUT2D eigenvalue weighted by Crippen LogP contribution is 2.30. The molecule has 1 unspecified atom stereocenters. The Balaban J connectivity index is 2.26. The Morgan fingerprint density at radius 2 is 2.06 bits per heavy atom. The molecule has 0 saturated heterocycles. The van der Waals surface area contributed by atoms with Crippen molar-refractivity contribution < 1.29 is 4.42 Å². The van der Waals surface area contributed by atoms with Gasteiger partial charge in [-0.1, -0.05) is 32.5 Å². The molecule has 2 aromatic rings. The summed E-state index contributed by atoms with van der Waals surface area (Å²) in [5.74, 6) is 0.602. The number of hydrogen-bond donors (Lipinski definition) is 1. The van der Waals surface area contributed by atoms with Gasteiger partial charge in [0.2, 0.25) is 0 Å². The smallest absolute Gasteiger partial charge is 0.257 e. The number of rotatable bonds is 3. The van der Waals surface area contributed by atoms with Crippen molar-refractivity contribution in [2.45, 2.75) is 31.2 Å². The lowest BCUT2D eigenvalue weighted by Gasteiger charge is -2.11. The Hall–Kier alpha value is -1.16. The highest BCUT2D eigenvalue weighted by Gasteiger charge is 2.13. The molecule has 0 bridgehead atoms. The van der Waals surface area contributed by atoms with Crippen LogP contribution in [-0.4, -0.2) is 10.2 Å². The van der Waals surface area contributed by atoms with Crippen LogP contribution < -0.4 is 5.73 Å². The van der Waals surface area contributed by atoms with Crippen molar-refractivity contribution in [1.29, 1.82) is 0 Å². The minimum absolute atomic E-state index is 0.491. The van der Waals surface area contributed by atoms with E-state index in [1.165, 1.54) is 0 Å². The van der Waals surface area contributed by atoms with Crippen LogP contribution in [0.4, 0.5) is 5.69 Å². The number of nitrogens with zero attached hydrogens (tertiary/aromatic N) is 1. The molecule has 1 heterocycles. The molecule has 0 aliphatic heterocycles. The number of oxazole rings is 1. The average Bonchev–Trinajstić information content (AvgIpc) is 2.58. The lowest BCUT2D eigenvalue weighted by Crippen LogP contribution is -2.04. The van der Waals surface area contributed by atoms with E-state index in [1.54, 1.807) is 11.8 Å². The molecule has 3 nitrogen and oxygen atoms in total. The third-order valence-corrected chi connectivity index (χ3v) is 3.91. The summed E-state index contributed by atoms with van der Waals surface area (Å²) in [5, 5.41) is 1.22. The van der Waals surface area contributed by atoms with Crippen LogP contribution in [-0.2, 0) is 0 Å². The summed E-state index contributed by atoms with van der Waals surface area (Å²) >= 11 is 1.66. The normalized spacial score (nSPS) is 13.5. The fourth-order valence-corrected chi connectivity index (χ4v) is 2.14. The second-order valence-electron chi connectivity index (χ2n) is 4.27. The van der Waals surface area contributed by atoms with E-state index in [0.29, 0.717) is 16.9 Å². The number of thioether (sulfide) groups is 1. The van der Waals surface area contributed by atoms with Gasteiger partial charge in [0.25, 0.3) is 5.22 Å². The van der Waals surface area contributed by atoms with Gasteiger partial charge in [0, 0.05) is 17.0 Å². The predicted molar refractivity (Wildman–Crippen MR) is 68.6 cm³/mol. The summed E-state index contributed by atoms with van der Waals surface area (Å²) in [6, 6.07) is 5.54. The largest absolute Gasteiger partial charge is 0.431 e. The number of aromatic nitrogens is 1. The molecular weight excluding hydrogens is 220 g/mol. The second-order valence-corrected chi connectivity index (χ2v) is 5.60. The van der Waals surface area contributed by atoms with Gasteiger partial charge < -0.3 is 10.2 Å². The number of hydrogen-bond acceptors (Lipinski definition) is 4. The summed E-state index contributed by atoms with van der Waals surface area (Å²) < 4.78 is 5.64. The van der Waals surface area contributed by atoms with Gasteiger partial charge in [-0.2, -0.15) is 0 Å². The monoisotopic (exact) mass is 236 g/mol. The van der Waals surface area contributed by atoms with Crippen molar-refractivity contribution in [2.75, 3.05) is 5.73 Å². The van der Waals surface area contributed by atoms with Gasteiger partial charge in [0.15, 0.2) is 5.58 Å². The van der Waals surface area contributed by atoms with Crippen molar-refractivity contribution in [2.24, 2.45) is 5.92 Å². The van der Waals surface area contributed by atoms with Crippen molar-refractivity contribution in [3.05, 3.63) is 18.2 Å². The Labute approximate surface area is 99.4 Å². The highest BCUT2D eigenvalue weighted by molar-refractivity contribution is 7.99. The average molecular weight is 236 g/mol. The number of benzene rings is 1. The molecule has 0 amide bonds. The summed E-state index contributed by atoms with van der Waals surface area (Å²) in [4.78, 5) is 4.42. The van der Waals surface area contributed by atoms with Crippen LogP contribution in [0.1, 0.15) is 20.8 Å². The molecule has 2 N–H and O–H groups in total. The first-order valence-electron chi connectivity index (χ1n) is 5.39. The molecule has 86 valence electrons. The van der Waals surface area contributed by atoms with Gasteiger partial charge >= 0.3 is 0 Å². The van der Waals surface area contributed by atoms with Crippen molar-refractivity contribution in [3.8, 4) is 0 Å². The third-order valence-electron chi connectivity index (χ3n) is 2.62. The van der Waals surface area contributed by atoms with Gasteiger partial charge in [-0.05, 0) is 18.1 Å². The zero-order chi connectivity index (χ0) is 11.7. The molecule has 1 aromatic heterocycles. The first-order chi connectivity index (χ1) is 7.56. The third kappa shape index (κ3) is 2.32. The van der Waals surface area contributed by atoms with Crippen LogP contribution in [0.2, 0.25) is 0 Å². The van der Waals surface area contributed by atoms with Gasteiger partial charge in [-0.15, -0.1) is 0 Å². The van der Waals surface area contributed by atoms with E-state index in [4.69, 9.17) is 10.2 Å². The molecule has 1 aromatic carbocycles. The second kappa shape index (κ2) is 4.37. The van der Waals surface area contributed by atoms with E-state index in [2.05, 4.69) is 25.8 Å². The first kappa shape index (κ1) is 11.3. The van der Waals surface area contributed by atoms with Gasteiger partial charge in [0.05, 0.1) is 0 Å². The molecule has 4 heteroatoms. The van der Waals surface area contributed by atoms with E-state index >= 15 is 0 Å². The van der Waals surface area contributed by atoms with Gasteiger partial charge in [-0.25, -0.2) is 4.98 Å². The number of nitrogens with two attached hydrogens (primary N) is 1. The van der Waals surface area contributed by atoms with E-state index in [9.17, 15) is 0 Å². The lowest BCUT2D eigenvalue weighted by molar-refractivity contribution is 0.485. The van der Waals surface area contributed by atoms with E-state index in [0.717, 1.165) is 16.3 Å². The van der Waals surface area contributed by atoms with Gasteiger partial charge in [-0.3, -0.25) is 0 Å². The first-order valence-corrected chi connectivity index (χ1v) is 6.27. The minimum Gasteiger partial charge on any atom is -0.431 e. The van der Waals surface area contributed by atoms with Crippen molar-refractivity contribution in [1.82, 2.24) is 4.98 Å². The Morgan fingerprint density at radius 3 is 2.75 bits per heavy atom. The fraction of sp³-hybridized carbons (Fsp3) is 0.417. The van der Waals surface area contributed by atoms with Gasteiger partial charge in [0.1, 0.15) is 5.52 Å². The summed E-state index contributed by atoms with van der Waals surface area (Å²) in [6.07, 6.45) is 0. The number of fused-ring (bicyclic) bond motifs is 1. The van der Waals surface area contributed by atoms with Crippen molar-refractivity contribution in [3.63, 3.8) is 0 Å². The van der Waals surface area contributed by atoms with E-state index in [1.807, 2.05) is 18.2 Å². The minimum atomic E-state index is 0.491. The van der Waals surface area contributed by atoms with Crippen LogP contribution in [0, 0.1) is 5.92 Å². The van der Waals surface area contributed by atoms with E-state index in [-0.39, 0.29) is 0 Å². The summed E-state index contributed by atoms with van der Waals surface area (Å²) in [6.45, 7) is 6.56. The summed E-state index contributed by atoms with van der Waals surface area (Å²) in [5.41, 5.74) is 8.02. The molecule has 2 rings (SSSR count). The van der Waals surface area contributed by atoms with Crippen LogP contribution in [0.3, 0.4) is 0 Å². The maximum atomic E-state index is 5.69. The Bertz CT molecular complexity index is 493. The number of nitrogen functional groups attached to an aromatic ring is 1. The van der Waals surface area contributed by atoms with Crippen LogP contribution in [0.5, 0.6) is 0 Å². The maximum Gasteiger partial charge on any atom is 0.257 e. The maximum absolute atomic E-state index is 5.69. The summed E-state index contributed by atoms with van der Waals surface area (Å²) in [7, 11) is 0. The molecule has 0 aliphatic carbocycles. The predicted octanol–water partition coefficient (Wildman–Crippen LogP) is 3.55. The SMILES string of the molecule is CC(C)C(C)Sc1nc2ccc(N)cc2o1. The zero-order valence-corrected chi connectivity index (χ0v) is 10.5. The Morgan fingerprint density at radius 1 is 1.31 bits per heavy atom. The molecule has 16 heavy (non-hydrogen) atoms. The number of anilines is 1. The highest BCUT2D eigenvalue weighted by atomic mass is 32.2. The molecule has 0 saturated carbocycles. The van der Waals surface area contributed by atoms with Crippen molar-refractivity contribution >= 4 is 28.5 Å². The standard InChI is InChI=1S/C12H16N2OS/c1-7(2)8(3)16-12-14-10-5-4-9(13)6-11(10)15-12/h4-8H,13H2,1-3H3. The molecular formula is C12H16N2OS. The lowest BCUT2D eigenvalue weighted by atomic mass is 10.2. The Kier molecular flexibility index (Phi) is 3.10. The quantitative estimate of drug-likeness (QED) is 0.654. The molecule has 1 atom stereocenters. The van der Waals surface area contributed by atoms with Crippen LogP contribution in [0.25, 0.3) is 11.1 Å². The molecule has 0 spiro atoms. The molecule has 0 radical (unpaired) electrons.